The first-order valence-electron chi connectivity index (χ1n) is 6.34. The van der Waals surface area contributed by atoms with E-state index in [0.29, 0.717) is 11.6 Å². The van der Waals surface area contributed by atoms with Crippen LogP contribution in [-0.4, -0.2) is 17.2 Å². The Morgan fingerprint density at radius 1 is 1.41 bits per heavy atom. The van der Waals surface area contributed by atoms with Crippen LogP contribution >= 0.6 is 0 Å². The van der Waals surface area contributed by atoms with Gasteiger partial charge < -0.3 is 10.7 Å². The van der Waals surface area contributed by atoms with Crippen molar-refractivity contribution in [2.45, 2.75) is 34.1 Å². The monoisotopic (exact) mass is 233 g/mol. The molecule has 0 bridgehead atoms. The maximum absolute atomic E-state index is 8.18. The molecule has 1 rings (SSSR count). The molecule has 0 aliphatic rings. The van der Waals surface area contributed by atoms with Crippen LogP contribution in [0.3, 0.4) is 0 Å². The highest BCUT2D eigenvalue weighted by Gasteiger charge is 2.13. The number of aromatic nitrogens is 1. The lowest BCUT2D eigenvalue weighted by molar-refractivity contribution is 0.686. The van der Waals surface area contributed by atoms with Gasteiger partial charge in [0.05, 0.1) is 0 Å². The highest BCUT2D eigenvalue weighted by Crippen LogP contribution is 2.18. The summed E-state index contributed by atoms with van der Waals surface area (Å²) in [4.78, 5) is 4.34. The third-order valence-corrected chi connectivity index (χ3v) is 2.88. The molecule has 1 unspecified atom stereocenters. The van der Waals surface area contributed by atoms with Crippen molar-refractivity contribution in [1.29, 1.82) is 5.41 Å². The van der Waals surface area contributed by atoms with Crippen molar-refractivity contribution in [2.24, 2.45) is 11.8 Å². The maximum atomic E-state index is 8.18. The van der Waals surface area contributed by atoms with E-state index in [2.05, 4.69) is 38.0 Å². The van der Waals surface area contributed by atoms with Gasteiger partial charge in [0.1, 0.15) is 5.82 Å². The molecular formula is C14H23N3. The Morgan fingerprint density at radius 3 is 2.71 bits per heavy atom. The molecule has 0 aliphatic carbocycles. The van der Waals surface area contributed by atoms with E-state index in [0.717, 1.165) is 24.3 Å². The number of hydrogen-bond acceptors (Lipinski definition) is 3. The third kappa shape index (κ3) is 3.84. The lowest BCUT2D eigenvalue weighted by atomic mass is 9.96. The lowest BCUT2D eigenvalue weighted by Crippen LogP contribution is -2.16. The number of rotatable bonds is 6. The quantitative estimate of drug-likeness (QED) is 0.738. The van der Waals surface area contributed by atoms with E-state index in [1.807, 2.05) is 12.1 Å². The minimum atomic E-state index is 0.277. The molecule has 0 spiro atoms. The summed E-state index contributed by atoms with van der Waals surface area (Å²) < 4.78 is 0. The summed E-state index contributed by atoms with van der Waals surface area (Å²) >= 11 is 0. The van der Waals surface area contributed by atoms with Crippen molar-refractivity contribution in [2.75, 3.05) is 11.9 Å². The standard InChI is InChI=1S/C14H23N3/c1-5-11(4)13(15)12-7-6-8-16-14(12)17-9-10(2)3/h6-8,10-11,15H,5,9H2,1-4H3,(H,16,17). The Kier molecular flexibility index (Phi) is 5.13. The van der Waals surface area contributed by atoms with Crippen LogP contribution in [0.1, 0.15) is 39.7 Å². The first-order valence-corrected chi connectivity index (χ1v) is 6.34. The van der Waals surface area contributed by atoms with Gasteiger partial charge in [-0.3, -0.25) is 0 Å². The Bertz CT molecular complexity index is 371. The van der Waals surface area contributed by atoms with Gasteiger partial charge in [-0.2, -0.15) is 0 Å². The molecular weight excluding hydrogens is 210 g/mol. The number of hydrogen-bond donors (Lipinski definition) is 2. The SMILES string of the molecule is CCC(C)C(=N)c1cccnc1NCC(C)C. The van der Waals surface area contributed by atoms with Crippen LogP contribution < -0.4 is 5.32 Å². The second kappa shape index (κ2) is 6.38. The van der Waals surface area contributed by atoms with Crippen LogP contribution in [0.2, 0.25) is 0 Å². The molecule has 3 nitrogen and oxygen atoms in total. The second-order valence-corrected chi connectivity index (χ2v) is 4.90. The minimum absolute atomic E-state index is 0.277. The Hall–Kier alpha value is -1.38. The van der Waals surface area contributed by atoms with Crippen LogP contribution in [0, 0.1) is 17.2 Å². The van der Waals surface area contributed by atoms with Gasteiger partial charge in [0, 0.05) is 24.0 Å². The Balaban J connectivity index is 2.87. The molecule has 0 amide bonds. The van der Waals surface area contributed by atoms with Crippen LogP contribution in [0.4, 0.5) is 5.82 Å². The fraction of sp³-hybridized carbons (Fsp3) is 0.571. The van der Waals surface area contributed by atoms with E-state index in [9.17, 15) is 0 Å². The van der Waals surface area contributed by atoms with Gasteiger partial charge >= 0.3 is 0 Å². The summed E-state index contributed by atoms with van der Waals surface area (Å²) in [5.41, 5.74) is 1.61. The average Bonchev–Trinajstić information content (AvgIpc) is 2.34. The zero-order chi connectivity index (χ0) is 12.8. The summed E-state index contributed by atoms with van der Waals surface area (Å²) in [5.74, 6) is 1.69. The van der Waals surface area contributed by atoms with Gasteiger partial charge in [0.25, 0.3) is 0 Å². The fourth-order valence-corrected chi connectivity index (χ4v) is 1.53. The van der Waals surface area contributed by atoms with Crippen LogP contribution in [0.5, 0.6) is 0 Å². The highest BCUT2D eigenvalue weighted by molar-refractivity contribution is 6.03. The maximum Gasteiger partial charge on any atom is 0.135 e. The number of nitrogens with zero attached hydrogens (tertiary/aromatic N) is 1. The molecule has 1 atom stereocenters. The fourth-order valence-electron chi connectivity index (χ4n) is 1.53. The van der Waals surface area contributed by atoms with E-state index in [1.165, 1.54) is 0 Å². The summed E-state index contributed by atoms with van der Waals surface area (Å²) in [5, 5.41) is 11.5. The molecule has 0 fully saturated rings. The predicted octanol–water partition coefficient (Wildman–Crippen LogP) is 3.56. The van der Waals surface area contributed by atoms with Gasteiger partial charge in [-0.25, -0.2) is 4.98 Å². The molecule has 0 saturated carbocycles. The third-order valence-electron chi connectivity index (χ3n) is 2.88. The topological polar surface area (TPSA) is 48.8 Å². The van der Waals surface area contributed by atoms with Crippen molar-refractivity contribution in [1.82, 2.24) is 4.98 Å². The molecule has 1 aromatic rings. The minimum Gasteiger partial charge on any atom is -0.369 e. The summed E-state index contributed by atoms with van der Waals surface area (Å²) in [7, 11) is 0. The van der Waals surface area contributed by atoms with Crippen LogP contribution in [0.15, 0.2) is 18.3 Å². The molecule has 0 saturated heterocycles. The average molecular weight is 233 g/mol. The van der Waals surface area contributed by atoms with Gasteiger partial charge in [-0.15, -0.1) is 0 Å². The zero-order valence-corrected chi connectivity index (χ0v) is 11.2. The van der Waals surface area contributed by atoms with E-state index in [1.54, 1.807) is 6.20 Å². The molecule has 94 valence electrons. The van der Waals surface area contributed by atoms with Crippen LogP contribution in [-0.2, 0) is 0 Å². The molecule has 1 heterocycles. The van der Waals surface area contributed by atoms with Crippen LogP contribution in [0.25, 0.3) is 0 Å². The molecule has 0 aromatic carbocycles. The van der Waals surface area contributed by atoms with Crippen molar-refractivity contribution in [3.63, 3.8) is 0 Å². The van der Waals surface area contributed by atoms with E-state index >= 15 is 0 Å². The van der Waals surface area contributed by atoms with E-state index < -0.39 is 0 Å². The summed E-state index contributed by atoms with van der Waals surface area (Å²) in [6, 6.07) is 3.87. The number of anilines is 1. The normalized spacial score (nSPS) is 12.5. The van der Waals surface area contributed by atoms with Gasteiger partial charge in [0.15, 0.2) is 0 Å². The number of pyridine rings is 1. The molecule has 2 N–H and O–H groups in total. The zero-order valence-electron chi connectivity index (χ0n) is 11.2. The van der Waals surface area contributed by atoms with Crippen molar-refractivity contribution < 1.29 is 0 Å². The first-order chi connectivity index (χ1) is 8.06. The summed E-state index contributed by atoms with van der Waals surface area (Å²) in [6.07, 6.45) is 2.76. The van der Waals surface area contributed by atoms with Crippen molar-refractivity contribution in [3.05, 3.63) is 23.9 Å². The summed E-state index contributed by atoms with van der Waals surface area (Å²) in [6.45, 7) is 9.40. The second-order valence-electron chi connectivity index (χ2n) is 4.90. The van der Waals surface area contributed by atoms with Gasteiger partial charge in [-0.1, -0.05) is 27.7 Å². The molecule has 0 aliphatic heterocycles. The van der Waals surface area contributed by atoms with Crippen molar-refractivity contribution in [3.8, 4) is 0 Å². The molecule has 3 heteroatoms. The van der Waals surface area contributed by atoms with E-state index in [-0.39, 0.29) is 5.92 Å². The lowest BCUT2D eigenvalue weighted by Gasteiger charge is -2.16. The smallest absolute Gasteiger partial charge is 0.135 e. The Labute approximate surface area is 104 Å². The van der Waals surface area contributed by atoms with Gasteiger partial charge in [0.2, 0.25) is 0 Å². The van der Waals surface area contributed by atoms with Crippen molar-refractivity contribution >= 4 is 11.5 Å². The molecule has 17 heavy (non-hydrogen) atoms. The Morgan fingerprint density at radius 2 is 2.12 bits per heavy atom. The van der Waals surface area contributed by atoms with Gasteiger partial charge in [-0.05, 0) is 30.4 Å². The number of nitrogens with one attached hydrogen (secondary N) is 2. The molecule has 0 radical (unpaired) electrons. The largest absolute Gasteiger partial charge is 0.369 e. The first kappa shape index (κ1) is 13.7. The highest BCUT2D eigenvalue weighted by atomic mass is 15.0. The molecule has 1 aromatic heterocycles. The predicted molar refractivity (Wildman–Crippen MR) is 73.8 cm³/mol. The van der Waals surface area contributed by atoms with E-state index in [4.69, 9.17) is 5.41 Å².